The van der Waals surface area contributed by atoms with E-state index in [0.29, 0.717) is 17.1 Å². The van der Waals surface area contributed by atoms with Crippen molar-refractivity contribution < 1.29 is 31.9 Å². The fourth-order valence-electron chi connectivity index (χ4n) is 4.39. The largest absolute Gasteiger partial charge is 0.433 e. The summed E-state index contributed by atoms with van der Waals surface area (Å²) in [5, 5.41) is 20.4. The summed E-state index contributed by atoms with van der Waals surface area (Å²) in [6.45, 7) is 3.84. The molecule has 0 saturated heterocycles. The zero-order valence-corrected chi connectivity index (χ0v) is 21.8. The number of aliphatic hydroxyl groups excluding tert-OH is 1. The van der Waals surface area contributed by atoms with E-state index in [0.717, 1.165) is 41.8 Å². The van der Waals surface area contributed by atoms with Crippen LogP contribution in [0.2, 0.25) is 0 Å². The lowest BCUT2D eigenvalue weighted by Gasteiger charge is -2.24. The Kier molecular flexibility index (Phi) is 8.79. The van der Waals surface area contributed by atoms with Gasteiger partial charge in [-0.2, -0.15) is 18.3 Å². The molecule has 0 fully saturated rings. The molecule has 0 aliphatic carbocycles. The molecular weight excluding hydrogens is 533 g/mol. The maximum atomic E-state index is 13.8. The molecule has 12 heteroatoms. The number of alkyl halides is 3. The molecule has 0 spiro atoms. The molecule has 4 aromatic rings. The third-order valence-electron chi connectivity index (χ3n) is 6.32. The van der Waals surface area contributed by atoms with Gasteiger partial charge < -0.3 is 15.7 Å². The van der Waals surface area contributed by atoms with Crippen molar-refractivity contribution in [1.29, 1.82) is 0 Å². The van der Waals surface area contributed by atoms with Gasteiger partial charge >= 0.3 is 6.18 Å². The van der Waals surface area contributed by atoms with Gasteiger partial charge in [0.2, 0.25) is 0 Å². The second-order valence-corrected chi connectivity index (χ2v) is 9.51. The minimum atomic E-state index is -4.74. The number of aromatic nitrogens is 3. The normalized spacial score (nSPS) is 13.4. The number of carbonyl (C=O) groups excluding carboxylic acids is 1. The number of benzene rings is 2. The fraction of sp³-hybridized carbons (Fsp3) is 0.321. The predicted molar refractivity (Wildman–Crippen MR) is 138 cm³/mol. The van der Waals surface area contributed by atoms with Gasteiger partial charge in [0.15, 0.2) is 11.3 Å². The van der Waals surface area contributed by atoms with Crippen LogP contribution >= 0.6 is 0 Å². The van der Waals surface area contributed by atoms with Gasteiger partial charge in [-0.05, 0) is 54.7 Å². The summed E-state index contributed by atoms with van der Waals surface area (Å²) in [4.78, 5) is 17.1. The van der Waals surface area contributed by atoms with E-state index >= 15 is 0 Å². The molecule has 0 aliphatic heterocycles. The van der Waals surface area contributed by atoms with Crippen molar-refractivity contribution in [3.63, 3.8) is 0 Å². The average Bonchev–Trinajstić information content (AvgIpc) is 3.30. The molecule has 2 atom stereocenters. The summed E-state index contributed by atoms with van der Waals surface area (Å²) in [6, 6.07) is 11.5. The molecule has 2 heterocycles. The van der Waals surface area contributed by atoms with E-state index in [1.165, 1.54) is 6.92 Å². The van der Waals surface area contributed by atoms with E-state index in [1.807, 2.05) is 31.2 Å². The molecule has 2 aromatic carbocycles. The molecule has 0 radical (unpaired) electrons. The summed E-state index contributed by atoms with van der Waals surface area (Å²) in [5.74, 6) is -2.54. The number of halogens is 5. The third kappa shape index (κ3) is 7.19. The van der Waals surface area contributed by atoms with Crippen LogP contribution in [-0.2, 0) is 25.6 Å². The highest BCUT2D eigenvalue weighted by molar-refractivity contribution is 5.93. The van der Waals surface area contributed by atoms with Crippen LogP contribution in [0.5, 0.6) is 0 Å². The van der Waals surface area contributed by atoms with Crippen LogP contribution in [0.4, 0.5) is 22.0 Å². The summed E-state index contributed by atoms with van der Waals surface area (Å²) >= 11 is 0. The Morgan fingerprint density at radius 3 is 2.40 bits per heavy atom. The Balaban J connectivity index is 1.55. The summed E-state index contributed by atoms with van der Waals surface area (Å²) in [7, 11) is 0. The lowest BCUT2D eigenvalue weighted by atomic mass is 10.00. The number of nitrogens with zero attached hydrogens (tertiary/aromatic N) is 3. The minimum Gasteiger partial charge on any atom is -0.390 e. The number of aryl methyl sites for hydroxylation is 2. The number of amides is 1. The third-order valence-corrected chi connectivity index (χ3v) is 6.32. The van der Waals surface area contributed by atoms with Crippen LogP contribution in [0.1, 0.15) is 45.5 Å². The number of rotatable bonds is 10. The molecule has 7 nitrogen and oxygen atoms in total. The number of hydrogen-bond acceptors (Lipinski definition) is 5. The van der Waals surface area contributed by atoms with Crippen molar-refractivity contribution in [1.82, 2.24) is 25.2 Å². The Hall–Kier alpha value is -3.90. The van der Waals surface area contributed by atoms with E-state index < -0.39 is 41.6 Å². The highest BCUT2D eigenvalue weighted by Crippen LogP contribution is 2.30. The average molecular weight is 562 g/mol. The van der Waals surface area contributed by atoms with Crippen molar-refractivity contribution in [2.24, 2.45) is 0 Å². The van der Waals surface area contributed by atoms with Crippen LogP contribution < -0.4 is 10.6 Å². The number of hydrogen-bond donors (Lipinski definition) is 3. The zero-order valence-electron chi connectivity index (χ0n) is 21.8. The number of fused-ring (bicyclic) bond motifs is 1. The monoisotopic (exact) mass is 561 g/mol. The van der Waals surface area contributed by atoms with Gasteiger partial charge in [0.1, 0.15) is 17.3 Å². The van der Waals surface area contributed by atoms with Gasteiger partial charge in [-0.1, -0.05) is 31.2 Å². The number of carbonyl (C=O) groups is 1. The fourth-order valence-corrected chi connectivity index (χ4v) is 4.39. The molecule has 0 unspecified atom stereocenters. The van der Waals surface area contributed by atoms with Crippen molar-refractivity contribution in [2.75, 3.05) is 6.54 Å². The highest BCUT2D eigenvalue weighted by Gasteiger charge is 2.35. The number of aliphatic hydroxyl groups is 1. The highest BCUT2D eigenvalue weighted by atomic mass is 19.4. The lowest BCUT2D eigenvalue weighted by molar-refractivity contribution is -0.142. The van der Waals surface area contributed by atoms with Crippen LogP contribution in [-0.4, -0.2) is 44.3 Å². The molecule has 40 heavy (non-hydrogen) atoms. The van der Waals surface area contributed by atoms with E-state index in [2.05, 4.69) is 20.7 Å². The SMILES string of the molecule is CCc1cccc(CNC[C@H](O)[C@@H](Cc2cc(F)cc(F)c2)NC(=O)c2cc3nc(C)cc(C(F)(F)F)n3n2)c1. The van der Waals surface area contributed by atoms with E-state index in [4.69, 9.17) is 0 Å². The van der Waals surface area contributed by atoms with Crippen LogP contribution in [0.15, 0.2) is 54.6 Å². The van der Waals surface area contributed by atoms with Crippen molar-refractivity contribution >= 4 is 11.6 Å². The van der Waals surface area contributed by atoms with Gasteiger partial charge in [-0.15, -0.1) is 0 Å². The quantitative estimate of drug-likeness (QED) is 0.250. The maximum absolute atomic E-state index is 13.8. The summed E-state index contributed by atoms with van der Waals surface area (Å²) in [5.41, 5.74) is 0.731. The number of nitrogens with one attached hydrogen (secondary N) is 2. The molecule has 3 N–H and O–H groups in total. The maximum Gasteiger partial charge on any atom is 0.433 e. The molecule has 0 bridgehead atoms. The standard InChI is InChI=1S/C28H28F5N5O2/c1-3-17-5-4-6-18(8-17)14-34-15-24(39)22(11-19-9-20(29)12-21(30)10-19)36-27(40)23-13-26-35-16(2)7-25(28(31,32)33)38(26)37-23/h4-10,12-13,22,24,34,39H,3,11,14-15H2,1-2H3,(H,36,40)/t22-,24+/m1/s1. The van der Waals surface area contributed by atoms with E-state index in [9.17, 15) is 31.9 Å². The Labute approximate surface area is 227 Å². The van der Waals surface area contributed by atoms with E-state index in [1.54, 1.807) is 0 Å². The van der Waals surface area contributed by atoms with Crippen molar-refractivity contribution in [3.8, 4) is 0 Å². The first-order chi connectivity index (χ1) is 18.9. The first kappa shape index (κ1) is 29.1. The van der Waals surface area contributed by atoms with Gasteiger partial charge in [-0.25, -0.2) is 18.3 Å². The van der Waals surface area contributed by atoms with E-state index in [-0.39, 0.29) is 35.6 Å². The van der Waals surface area contributed by atoms with Crippen LogP contribution in [0.3, 0.4) is 0 Å². The molecule has 4 rings (SSSR count). The first-order valence-electron chi connectivity index (χ1n) is 12.6. The zero-order chi connectivity index (χ0) is 29.0. The van der Waals surface area contributed by atoms with Gasteiger partial charge in [0, 0.05) is 30.9 Å². The molecule has 212 valence electrons. The topological polar surface area (TPSA) is 91.5 Å². The molecule has 1 amide bonds. The predicted octanol–water partition coefficient (Wildman–Crippen LogP) is 4.39. The van der Waals surface area contributed by atoms with Crippen LogP contribution in [0.25, 0.3) is 5.65 Å². The summed E-state index contributed by atoms with van der Waals surface area (Å²) in [6.07, 6.45) is -5.27. The van der Waals surface area contributed by atoms with Crippen LogP contribution in [0, 0.1) is 18.6 Å². The molecule has 2 aromatic heterocycles. The second kappa shape index (κ2) is 12.1. The van der Waals surface area contributed by atoms with Crippen molar-refractivity contribution in [2.45, 2.75) is 51.6 Å². The van der Waals surface area contributed by atoms with Gasteiger partial charge in [0.05, 0.1) is 12.1 Å². The lowest BCUT2D eigenvalue weighted by Crippen LogP contribution is -2.48. The summed E-state index contributed by atoms with van der Waals surface area (Å²) < 4.78 is 68.8. The van der Waals surface area contributed by atoms with Gasteiger partial charge in [0.25, 0.3) is 5.91 Å². The smallest absolute Gasteiger partial charge is 0.390 e. The Bertz CT molecular complexity index is 1480. The molecule has 0 aliphatic rings. The molecular formula is C28H28F5N5O2. The second-order valence-electron chi connectivity index (χ2n) is 9.51. The van der Waals surface area contributed by atoms with Gasteiger partial charge in [-0.3, -0.25) is 4.79 Å². The first-order valence-corrected chi connectivity index (χ1v) is 12.6. The minimum absolute atomic E-state index is 0.00321. The Morgan fingerprint density at radius 1 is 1.02 bits per heavy atom. The Morgan fingerprint density at radius 2 is 1.73 bits per heavy atom. The van der Waals surface area contributed by atoms with Crippen molar-refractivity contribution in [3.05, 3.63) is 100 Å². The molecule has 0 saturated carbocycles.